The highest BCUT2D eigenvalue weighted by Crippen LogP contribution is 2.21. The van der Waals surface area contributed by atoms with E-state index in [1.54, 1.807) is 0 Å². The molecule has 1 heterocycles. The summed E-state index contributed by atoms with van der Waals surface area (Å²) in [5, 5.41) is 8.77. The van der Waals surface area contributed by atoms with E-state index in [2.05, 4.69) is 9.72 Å². The lowest BCUT2D eigenvalue weighted by Gasteiger charge is -2.07. The molecule has 0 aliphatic rings. The van der Waals surface area contributed by atoms with Crippen molar-refractivity contribution in [1.29, 1.82) is 0 Å². The van der Waals surface area contributed by atoms with Crippen LogP contribution in [0.5, 0.6) is 5.88 Å². The standard InChI is InChI=1S/C8H9F2NO3/c1-14-5-2-4(3-12)6(7(9)10)8(13)11-5/h2,7,12H,3H2,1H3,(H,11,13). The summed E-state index contributed by atoms with van der Waals surface area (Å²) in [5.41, 5.74) is -1.78. The Bertz CT molecular complexity index is 375. The minimum atomic E-state index is -2.91. The third kappa shape index (κ3) is 1.90. The van der Waals surface area contributed by atoms with Gasteiger partial charge in [-0.2, -0.15) is 0 Å². The smallest absolute Gasteiger partial charge is 0.269 e. The molecule has 0 atom stereocenters. The second kappa shape index (κ2) is 4.19. The minimum absolute atomic E-state index is 0.0449. The Morgan fingerprint density at radius 2 is 2.29 bits per heavy atom. The number of halogens is 2. The summed E-state index contributed by atoms with van der Waals surface area (Å²) in [6.45, 7) is -0.625. The Kier molecular flexibility index (Phi) is 3.19. The van der Waals surface area contributed by atoms with Gasteiger partial charge in [0.05, 0.1) is 19.3 Å². The van der Waals surface area contributed by atoms with E-state index in [9.17, 15) is 13.6 Å². The third-order valence-corrected chi connectivity index (χ3v) is 1.74. The number of nitrogens with one attached hydrogen (secondary N) is 1. The topological polar surface area (TPSA) is 62.3 Å². The lowest BCUT2D eigenvalue weighted by atomic mass is 10.1. The molecule has 0 saturated carbocycles. The van der Waals surface area contributed by atoms with Crippen molar-refractivity contribution in [3.05, 3.63) is 27.5 Å². The molecule has 1 aromatic rings. The van der Waals surface area contributed by atoms with Crippen molar-refractivity contribution in [1.82, 2.24) is 4.98 Å². The number of aliphatic hydroxyl groups is 1. The molecule has 6 heteroatoms. The van der Waals surface area contributed by atoms with Crippen molar-refractivity contribution < 1.29 is 18.6 Å². The zero-order valence-corrected chi connectivity index (χ0v) is 7.38. The van der Waals surface area contributed by atoms with Crippen molar-refractivity contribution in [2.75, 3.05) is 7.11 Å². The maximum Gasteiger partial charge on any atom is 0.269 e. The molecule has 0 fully saturated rings. The Morgan fingerprint density at radius 3 is 2.71 bits per heavy atom. The van der Waals surface area contributed by atoms with Crippen LogP contribution in [0.25, 0.3) is 0 Å². The van der Waals surface area contributed by atoms with Crippen LogP contribution in [-0.4, -0.2) is 17.2 Å². The number of aromatic amines is 1. The molecule has 0 amide bonds. The van der Waals surface area contributed by atoms with Crippen LogP contribution in [0, 0.1) is 0 Å². The van der Waals surface area contributed by atoms with Crippen LogP contribution in [-0.2, 0) is 6.61 Å². The lowest BCUT2D eigenvalue weighted by Crippen LogP contribution is -2.17. The number of methoxy groups -OCH3 is 1. The second-order valence-electron chi connectivity index (χ2n) is 2.56. The predicted octanol–water partition coefficient (Wildman–Crippen LogP) is 0.813. The van der Waals surface area contributed by atoms with Gasteiger partial charge >= 0.3 is 0 Å². The number of aromatic nitrogens is 1. The molecule has 1 aromatic heterocycles. The largest absolute Gasteiger partial charge is 0.482 e. The van der Waals surface area contributed by atoms with Gasteiger partial charge < -0.3 is 9.84 Å². The van der Waals surface area contributed by atoms with Crippen LogP contribution in [0.1, 0.15) is 17.6 Å². The number of H-pyrrole nitrogens is 1. The average Bonchev–Trinajstić information content (AvgIpc) is 2.15. The van der Waals surface area contributed by atoms with Gasteiger partial charge in [-0.25, -0.2) is 8.78 Å². The predicted molar refractivity (Wildman–Crippen MR) is 44.5 cm³/mol. The Hall–Kier alpha value is -1.43. The first-order valence-corrected chi connectivity index (χ1v) is 3.79. The summed E-state index contributed by atoms with van der Waals surface area (Å²) >= 11 is 0. The van der Waals surface area contributed by atoms with E-state index in [1.165, 1.54) is 13.2 Å². The van der Waals surface area contributed by atoms with Crippen LogP contribution < -0.4 is 10.3 Å². The monoisotopic (exact) mass is 205 g/mol. The van der Waals surface area contributed by atoms with Gasteiger partial charge in [-0.3, -0.25) is 9.78 Å². The fourth-order valence-electron chi connectivity index (χ4n) is 1.08. The van der Waals surface area contributed by atoms with E-state index in [-0.39, 0.29) is 11.4 Å². The molecule has 0 unspecified atom stereocenters. The highest BCUT2D eigenvalue weighted by atomic mass is 19.3. The van der Waals surface area contributed by atoms with Gasteiger partial charge in [-0.15, -0.1) is 0 Å². The van der Waals surface area contributed by atoms with Crippen molar-refractivity contribution in [3.63, 3.8) is 0 Å². The van der Waals surface area contributed by atoms with Crippen LogP contribution in [0.4, 0.5) is 8.78 Å². The Labute approximate surface area is 78.1 Å². The van der Waals surface area contributed by atoms with Gasteiger partial charge in [-0.1, -0.05) is 0 Å². The van der Waals surface area contributed by atoms with E-state index in [0.29, 0.717) is 0 Å². The number of rotatable bonds is 3. The van der Waals surface area contributed by atoms with Crippen LogP contribution in [0.15, 0.2) is 10.9 Å². The number of aliphatic hydroxyl groups excluding tert-OH is 1. The summed E-state index contributed by atoms with van der Waals surface area (Å²) < 4.78 is 29.3. The number of ether oxygens (including phenoxy) is 1. The molecule has 4 nitrogen and oxygen atoms in total. The third-order valence-electron chi connectivity index (χ3n) is 1.74. The maximum absolute atomic E-state index is 12.3. The highest BCUT2D eigenvalue weighted by Gasteiger charge is 2.18. The van der Waals surface area contributed by atoms with E-state index in [4.69, 9.17) is 5.11 Å². The Morgan fingerprint density at radius 1 is 1.64 bits per heavy atom. The lowest BCUT2D eigenvalue weighted by molar-refractivity contribution is 0.145. The highest BCUT2D eigenvalue weighted by molar-refractivity contribution is 5.29. The fraction of sp³-hybridized carbons (Fsp3) is 0.375. The van der Waals surface area contributed by atoms with Crippen molar-refractivity contribution in [2.45, 2.75) is 13.0 Å². The summed E-state index contributed by atoms with van der Waals surface area (Å²) in [4.78, 5) is 13.2. The molecule has 0 radical (unpaired) electrons. The van der Waals surface area contributed by atoms with E-state index >= 15 is 0 Å². The molecular formula is C8H9F2NO3. The molecule has 0 aliphatic heterocycles. The van der Waals surface area contributed by atoms with Gasteiger partial charge in [0.15, 0.2) is 5.88 Å². The first-order valence-electron chi connectivity index (χ1n) is 3.79. The molecule has 0 bridgehead atoms. The van der Waals surface area contributed by atoms with Gasteiger partial charge in [0.25, 0.3) is 12.0 Å². The van der Waals surface area contributed by atoms with E-state index < -0.39 is 24.2 Å². The first-order chi connectivity index (χ1) is 6.60. The number of hydrogen-bond acceptors (Lipinski definition) is 3. The minimum Gasteiger partial charge on any atom is -0.482 e. The second-order valence-corrected chi connectivity index (χ2v) is 2.56. The molecule has 14 heavy (non-hydrogen) atoms. The molecular weight excluding hydrogens is 196 g/mol. The average molecular weight is 205 g/mol. The molecule has 1 rings (SSSR count). The van der Waals surface area contributed by atoms with Gasteiger partial charge in [0.2, 0.25) is 0 Å². The van der Waals surface area contributed by atoms with Gasteiger partial charge in [0.1, 0.15) is 0 Å². The van der Waals surface area contributed by atoms with Crippen molar-refractivity contribution >= 4 is 0 Å². The van der Waals surface area contributed by atoms with Crippen molar-refractivity contribution in [2.24, 2.45) is 0 Å². The molecule has 0 saturated heterocycles. The summed E-state index contributed by atoms with van der Waals surface area (Å²) in [6.07, 6.45) is -2.91. The van der Waals surface area contributed by atoms with E-state index in [1.807, 2.05) is 0 Å². The number of alkyl halides is 2. The number of hydrogen-bond donors (Lipinski definition) is 2. The first kappa shape index (κ1) is 10.6. The maximum atomic E-state index is 12.3. The van der Waals surface area contributed by atoms with Crippen molar-refractivity contribution in [3.8, 4) is 5.88 Å². The molecule has 0 aliphatic carbocycles. The van der Waals surface area contributed by atoms with E-state index in [0.717, 1.165) is 0 Å². The molecule has 0 spiro atoms. The molecule has 78 valence electrons. The zero-order valence-electron chi connectivity index (χ0n) is 7.38. The van der Waals surface area contributed by atoms with Gasteiger partial charge in [-0.05, 0) is 5.56 Å². The summed E-state index contributed by atoms with van der Waals surface area (Å²) in [6, 6.07) is 1.17. The van der Waals surface area contributed by atoms with Crippen LogP contribution >= 0.6 is 0 Å². The van der Waals surface area contributed by atoms with Crippen LogP contribution in [0.3, 0.4) is 0 Å². The number of pyridine rings is 1. The quantitative estimate of drug-likeness (QED) is 0.767. The summed E-state index contributed by atoms with van der Waals surface area (Å²) in [7, 11) is 1.29. The zero-order chi connectivity index (χ0) is 10.7. The van der Waals surface area contributed by atoms with Gasteiger partial charge in [0, 0.05) is 6.07 Å². The molecule has 2 N–H and O–H groups in total. The Balaban J connectivity index is 3.35. The van der Waals surface area contributed by atoms with Crippen LogP contribution in [0.2, 0.25) is 0 Å². The SMILES string of the molecule is COc1cc(CO)c(C(F)F)c(=O)[nH]1. The normalized spacial score (nSPS) is 10.6. The fourth-order valence-corrected chi connectivity index (χ4v) is 1.08. The molecule has 0 aromatic carbocycles. The summed E-state index contributed by atoms with van der Waals surface area (Å²) in [5.74, 6) is 0.0449.